The normalized spacial score (nSPS) is 10.7. The SMILES string of the molecule is C=CCN(CC(=O)O)Cc1cnn(-c2ccccc2)n1. The van der Waals surface area contributed by atoms with E-state index in [1.54, 1.807) is 17.2 Å². The molecule has 6 nitrogen and oxygen atoms in total. The lowest BCUT2D eigenvalue weighted by Gasteiger charge is -2.16. The zero-order chi connectivity index (χ0) is 14.4. The van der Waals surface area contributed by atoms with Gasteiger partial charge >= 0.3 is 5.97 Å². The van der Waals surface area contributed by atoms with Crippen molar-refractivity contribution in [2.75, 3.05) is 13.1 Å². The van der Waals surface area contributed by atoms with E-state index in [4.69, 9.17) is 5.11 Å². The monoisotopic (exact) mass is 272 g/mol. The molecule has 1 N–H and O–H groups in total. The number of hydrogen-bond donors (Lipinski definition) is 1. The maximum absolute atomic E-state index is 10.8. The Bertz CT molecular complexity index is 580. The van der Waals surface area contributed by atoms with Crippen LogP contribution in [0.4, 0.5) is 0 Å². The van der Waals surface area contributed by atoms with E-state index in [1.165, 1.54) is 4.80 Å². The number of carboxylic acids is 1. The molecule has 0 atom stereocenters. The lowest BCUT2D eigenvalue weighted by Crippen LogP contribution is -2.29. The van der Waals surface area contributed by atoms with Gasteiger partial charge in [-0.25, -0.2) is 0 Å². The van der Waals surface area contributed by atoms with E-state index in [9.17, 15) is 4.79 Å². The molecule has 0 aliphatic carbocycles. The predicted octanol–water partition coefficient (Wildman–Crippen LogP) is 1.34. The maximum Gasteiger partial charge on any atom is 0.317 e. The summed E-state index contributed by atoms with van der Waals surface area (Å²) in [5, 5.41) is 17.4. The molecule has 1 aromatic carbocycles. The number of nitrogens with zero attached hydrogens (tertiary/aromatic N) is 4. The van der Waals surface area contributed by atoms with Crippen molar-refractivity contribution in [3.8, 4) is 5.69 Å². The Morgan fingerprint density at radius 1 is 1.40 bits per heavy atom. The summed E-state index contributed by atoms with van der Waals surface area (Å²) in [6.45, 7) is 4.49. The van der Waals surface area contributed by atoms with Crippen LogP contribution in [0, 0.1) is 0 Å². The minimum Gasteiger partial charge on any atom is -0.480 e. The minimum absolute atomic E-state index is 0.0514. The van der Waals surface area contributed by atoms with Crippen LogP contribution in [-0.2, 0) is 11.3 Å². The molecule has 1 heterocycles. The third-order valence-electron chi connectivity index (χ3n) is 2.66. The summed E-state index contributed by atoms with van der Waals surface area (Å²) in [5.41, 5.74) is 1.59. The number of aliphatic carboxylic acids is 1. The zero-order valence-corrected chi connectivity index (χ0v) is 11.0. The summed E-state index contributed by atoms with van der Waals surface area (Å²) in [7, 11) is 0. The smallest absolute Gasteiger partial charge is 0.317 e. The van der Waals surface area contributed by atoms with E-state index in [-0.39, 0.29) is 6.54 Å². The summed E-state index contributed by atoms with van der Waals surface area (Å²) in [6.07, 6.45) is 3.31. The molecule has 20 heavy (non-hydrogen) atoms. The molecule has 0 unspecified atom stereocenters. The van der Waals surface area contributed by atoms with E-state index in [0.717, 1.165) is 11.4 Å². The Kier molecular flexibility index (Phi) is 4.62. The molecule has 0 fully saturated rings. The van der Waals surface area contributed by atoms with Gasteiger partial charge in [0, 0.05) is 13.1 Å². The van der Waals surface area contributed by atoms with Crippen LogP contribution in [0.15, 0.2) is 49.2 Å². The lowest BCUT2D eigenvalue weighted by molar-refractivity contribution is -0.138. The third-order valence-corrected chi connectivity index (χ3v) is 2.66. The summed E-state index contributed by atoms with van der Waals surface area (Å²) in [6, 6.07) is 9.55. The van der Waals surface area contributed by atoms with Gasteiger partial charge in [-0.05, 0) is 12.1 Å². The van der Waals surface area contributed by atoms with Gasteiger partial charge < -0.3 is 5.11 Å². The van der Waals surface area contributed by atoms with E-state index < -0.39 is 5.97 Å². The molecule has 0 saturated carbocycles. The molecule has 1 aromatic heterocycles. The topological polar surface area (TPSA) is 71.2 Å². The average molecular weight is 272 g/mol. The van der Waals surface area contributed by atoms with Crippen molar-refractivity contribution < 1.29 is 9.90 Å². The second kappa shape index (κ2) is 6.63. The van der Waals surface area contributed by atoms with Crippen LogP contribution in [0.25, 0.3) is 5.69 Å². The van der Waals surface area contributed by atoms with Crippen molar-refractivity contribution in [2.45, 2.75) is 6.54 Å². The Morgan fingerprint density at radius 2 is 2.15 bits per heavy atom. The van der Waals surface area contributed by atoms with Gasteiger partial charge in [0.05, 0.1) is 24.1 Å². The van der Waals surface area contributed by atoms with Gasteiger partial charge in [0.2, 0.25) is 0 Å². The highest BCUT2D eigenvalue weighted by molar-refractivity contribution is 5.69. The molecule has 104 valence electrons. The summed E-state index contributed by atoms with van der Waals surface area (Å²) < 4.78 is 0. The van der Waals surface area contributed by atoms with Gasteiger partial charge in [-0.15, -0.1) is 6.58 Å². The fourth-order valence-corrected chi connectivity index (χ4v) is 1.84. The molecule has 0 aliphatic heterocycles. The number of carbonyl (C=O) groups is 1. The van der Waals surface area contributed by atoms with Crippen molar-refractivity contribution in [1.82, 2.24) is 19.9 Å². The van der Waals surface area contributed by atoms with Crippen molar-refractivity contribution in [2.24, 2.45) is 0 Å². The lowest BCUT2D eigenvalue weighted by atomic mass is 10.3. The van der Waals surface area contributed by atoms with E-state index >= 15 is 0 Å². The average Bonchev–Trinajstić information content (AvgIpc) is 2.88. The second-order valence-electron chi connectivity index (χ2n) is 4.31. The predicted molar refractivity (Wildman–Crippen MR) is 74.5 cm³/mol. The second-order valence-corrected chi connectivity index (χ2v) is 4.31. The Morgan fingerprint density at radius 3 is 2.80 bits per heavy atom. The first-order valence-corrected chi connectivity index (χ1v) is 6.20. The first-order chi connectivity index (χ1) is 9.69. The van der Waals surface area contributed by atoms with Crippen LogP contribution in [0.3, 0.4) is 0 Å². The van der Waals surface area contributed by atoms with Gasteiger partial charge in [-0.2, -0.15) is 15.0 Å². The van der Waals surface area contributed by atoms with Crippen molar-refractivity contribution in [3.05, 3.63) is 54.9 Å². The molecule has 6 heteroatoms. The number of rotatable bonds is 7. The largest absolute Gasteiger partial charge is 0.480 e. The quantitative estimate of drug-likeness (QED) is 0.770. The van der Waals surface area contributed by atoms with E-state index in [2.05, 4.69) is 16.8 Å². The van der Waals surface area contributed by atoms with Gasteiger partial charge in [0.25, 0.3) is 0 Å². The van der Waals surface area contributed by atoms with Crippen molar-refractivity contribution in [3.63, 3.8) is 0 Å². The summed E-state index contributed by atoms with van der Waals surface area (Å²) >= 11 is 0. The molecule has 0 radical (unpaired) electrons. The molecule has 0 amide bonds. The first kappa shape index (κ1) is 14.0. The first-order valence-electron chi connectivity index (χ1n) is 6.20. The highest BCUT2D eigenvalue weighted by atomic mass is 16.4. The van der Waals surface area contributed by atoms with Crippen molar-refractivity contribution in [1.29, 1.82) is 0 Å². The minimum atomic E-state index is -0.873. The molecule has 0 bridgehead atoms. The fourth-order valence-electron chi connectivity index (χ4n) is 1.84. The van der Waals surface area contributed by atoms with Crippen molar-refractivity contribution >= 4 is 5.97 Å². The third kappa shape index (κ3) is 3.76. The molecule has 2 rings (SSSR count). The van der Waals surface area contributed by atoms with Crippen LogP contribution < -0.4 is 0 Å². The molecular formula is C14H16N4O2. The molecule has 2 aromatic rings. The Hall–Kier alpha value is -2.47. The van der Waals surface area contributed by atoms with Gasteiger partial charge in [0.1, 0.15) is 0 Å². The van der Waals surface area contributed by atoms with Gasteiger partial charge in [0.15, 0.2) is 0 Å². The van der Waals surface area contributed by atoms with E-state index in [0.29, 0.717) is 13.1 Å². The number of carboxylic acid groups (broad SMARTS) is 1. The highest BCUT2D eigenvalue weighted by Gasteiger charge is 2.11. The molecule has 0 aliphatic rings. The maximum atomic E-state index is 10.8. The number of benzene rings is 1. The number of aromatic nitrogens is 3. The van der Waals surface area contributed by atoms with Crippen LogP contribution in [0.5, 0.6) is 0 Å². The summed E-state index contributed by atoms with van der Waals surface area (Å²) in [4.78, 5) is 14.0. The zero-order valence-electron chi connectivity index (χ0n) is 11.0. The number of para-hydroxylation sites is 1. The van der Waals surface area contributed by atoms with Gasteiger partial charge in [-0.1, -0.05) is 24.3 Å². The summed E-state index contributed by atoms with van der Waals surface area (Å²) in [5.74, 6) is -0.873. The van der Waals surface area contributed by atoms with Crippen LogP contribution >= 0.6 is 0 Å². The van der Waals surface area contributed by atoms with Gasteiger partial charge in [-0.3, -0.25) is 9.69 Å². The van der Waals surface area contributed by atoms with E-state index in [1.807, 2.05) is 30.3 Å². The molecule has 0 spiro atoms. The fraction of sp³-hybridized carbons (Fsp3) is 0.214. The van der Waals surface area contributed by atoms with Crippen LogP contribution in [0.2, 0.25) is 0 Å². The van der Waals surface area contributed by atoms with Crippen LogP contribution in [0.1, 0.15) is 5.69 Å². The molecule has 0 saturated heterocycles. The van der Waals surface area contributed by atoms with Crippen LogP contribution in [-0.4, -0.2) is 44.1 Å². The molecular weight excluding hydrogens is 256 g/mol. The Labute approximate surface area is 116 Å². The Balaban J connectivity index is 2.08. The number of hydrogen-bond acceptors (Lipinski definition) is 4. The highest BCUT2D eigenvalue weighted by Crippen LogP contribution is 2.06. The standard InChI is InChI=1S/C14H16N4O2/c1-2-8-17(11-14(19)20)10-12-9-15-18(16-12)13-6-4-3-5-7-13/h2-7,9H,1,8,10-11H2,(H,19,20).